The van der Waals surface area contributed by atoms with Gasteiger partial charge in [0.05, 0.1) is 39.8 Å². The summed E-state index contributed by atoms with van der Waals surface area (Å²) in [5, 5.41) is 0.700. The Morgan fingerprint density at radius 3 is 1.38 bits per heavy atom. The van der Waals surface area contributed by atoms with E-state index in [4.69, 9.17) is 62.3 Å². The summed E-state index contributed by atoms with van der Waals surface area (Å²) in [6, 6.07) is 0. The molecule has 0 spiro atoms. The second kappa shape index (κ2) is 6.10. The van der Waals surface area contributed by atoms with Gasteiger partial charge in [-0.1, -0.05) is 12.7 Å². The maximum Gasteiger partial charge on any atom is 0.207 e. The van der Waals surface area contributed by atoms with Gasteiger partial charge in [0.1, 0.15) is 17.1 Å². The molecule has 0 aliphatic carbocycles. The second-order valence-electron chi connectivity index (χ2n) is 5.44. The predicted molar refractivity (Wildman–Crippen MR) is 110 cm³/mol. The third-order valence-electron chi connectivity index (χ3n) is 3.94. The van der Waals surface area contributed by atoms with E-state index in [1.165, 1.54) is 6.08 Å². The number of hydrazine groups is 1. The van der Waals surface area contributed by atoms with Gasteiger partial charge >= 0.3 is 0 Å². The Balaban J connectivity index is 2.60. The third kappa shape index (κ3) is 2.46. The van der Waals surface area contributed by atoms with Crippen molar-refractivity contribution < 1.29 is 4.84 Å². The number of benzene rings is 2. The van der Waals surface area contributed by atoms with Gasteiger partial charge < -0.3 is 56.4 Å². The van der Waals surface area contributed by atoms with Crippen molar-refractivity contribution in [3.8, 4) is 5.75 Å². The lowest BCUT2D eigenvalue weighted by Crippen LogP contribution is -2.37. The zero-order valence-corrected chi connectivity index (χ0v) is 13.9. The van der Waals surface area contributed by atoms with E-state index in [9.17, 15) is 0 Å². The minimum atomic E-state index is -0.0964. The summed E-state index contributed by atoms with van der Waals surface area (Å²) in [5.41, 5.74) is 53.5. The monoisotopic (exact) mass is 361 g/mol. The first-order valence-electron chi connectivity index (χ1n) is 7.16. The van der Waals surface area contributed by atoms with Crippen LogP contribution < -0.4 is 67.5 Å². The van der Waals surface area contributed by atoms with E-state index in [2.05, 4.69) is 6.58 Å². The van der Waals surface area contributed by atoms with Crippen LogP contribution in [0.2, 0.25) is 0 Å². The molecule has 0 amide bonds. The summed E-state index contributed by atoms with van der Waals surface area (Å²) >= 11 is 0. The van der Waals surface area contributed by atoms with Crippen LogP contribution in [0, 0.1) is 0 Å². The quantitative estimate of drug-likeness (QED) is 0.183. The van der Waals surface area contributed by atoms with Crippen LogP contribution in [0.3, 0.4) is 0 Å². The summed E-state index contributed by atoms with van der Waals surface area (Å²) in [5.74, 6) is 5.81. The van der Waals surface area contributed by atoms with Crippen LogP contribution in [0.5, 0.6) is 5.75 Å². The normalized spacial score (nSPS) is 10.5. The first kappa shape index (κ1) is 18.3. The highest BCUT2D eigenvalue weighted by Gasteiger charge is 2.24. The standard InChI is InChI=1S/C14H23N11O/c1-2-3-4(15)11(22)14(12(23)5(3)16)26-25(24)13-9(20)7(18)6(17)8(19)10(13)21/h2H,1,15-24H2. The molecule has 26 heavy (non-hydrogen) atoms. The highest BCUT2D eigenvalue weighted by Crippen LogP contribution is 2.46. The van der Waals surface area contributed by atoms with Gasteiger partial charge in [-0.05, 0) is 0 Å². The van der Waals surface area contributed by atoms with Crippen molar-refractivity contribution in [1.29, 1.82) is 0 Å². The molecular formula is C14H23N11O. The summed E-state index contributed by atoms with van der Waals surface area (Å²) in [7, 11) is 0. The van der Waals surface area contributed by atoms with E-state index in [0.29, 0.717) is 10.7 Å². The van der Waals surface area contributed by atoms with Crippen molar-refractivity contribution in [3.05, 3.63) is 12.1 Å². The minimum absolute atomic E-state index is 0.00409. The smallest absolute Gasteiger partial charge is 0.207 e. The number of nitrogen functional groups attached to an aromatic ring is 9. The highest BCUT2D eigenvalue weighted by atomic mass is 16.7. The Hall–Kier alpha value is -4.06. The maximum absolute atomic E-state index is 5.97. The lowest BCUT2D eigenvalue weighted by molar-refractivity contribution is 0.287. The molecule has 0 saturated carbocycles. The summed E-state index contributed by atoms with van der Waals surface area (Å²) in [4.78, 5) is 5.49. The Kier molecular flexibility index (Phi) is 4.29. The van der Waals surface area contributed by atoms with E-state index in [0.717, 1.165) is 0 Å². The first-order chi connectivity index (χ1) is 12.0. The fraction of sp³-hybridized carbons (Fsp3) is 0. The van der Waals surface area contributed by atoms with E-state index >= 15 is 0 Å². The van der Waals surface area contributed by atoms with Gasteiger partial charge in [-0.25, -0.2) is 5.84 Å². The van der Waals surface area contributed by atoms with Crippen molar-refractivity contribution in [1.82, 2.24) is 0 Å². The van der Waals surface area contributed by atoms with E-state index in [1.54, 1.807) is 0 Å². The van der Waals surface area contributed by atoms with Crippen molar-refractivity contribution in [2.75, 3.05) is 56.8 Å². The summed E-state index contributed by atoms with van der Waals surface area (Å²) < 4.78 is 0. The number of nitrogens with zero attached hydrogens (tertiary/aromatic N) is 1. The molecular weight excluding hydrogens is 338 g/mol. The number of hydrogen-bond acceptors (Lipinski definition) is 12. The van der Waals surface area contributed by atoms with Crippen LogP contribution in [-0.4, -0.2) is 0 Å². The highest BCUT2D eigenvalue weighted by molar-refractivity contribution is 6.03. The molecule has 12 nitrogen and oxygen atoms in total. The molecule has 0 bridgehead atoms. The summed E-state index contributed by atoms with van der Waals surface area (Å²) in [6.07, 6.45) is 1.42. The fourth-order valence-electron chi connectivity index (χ4n) is 2.36. The van der Waals surface area contributed by atoms with E-state index < -0.39 is 0 Å². The number of anilines is 10. The Morgan fingerprint density at radius 2 is 1.00 bits per heavy atom. The molecule has 12 heteroatoms. The van der Waals surface area contributed by atoms with Gasteiger partial charge in [-0.3, -0.25) is 0 Å². The predicted octanol–water partition coefficient (Wildman–Crippen LogP) is -0.757. The van der Waals surface area contributed by atoms with Crippen molar-refractivity contribution >= 4 is 62.9 Å². The van der Waals surface area contributed by atoms with E-state index in [1.807, 2.05) is 0 Å². The average molecular weight is 361 g/mol. The number of nitrogens with two attached hydrogens (primary N) is 10. The van der Waals surface area contributed by atoms with Gasteiger partial charge in [0.25, 0.3) is 0 Å². The molecule has 2 aromatic carbocycles. The van der Waals surface area contributed by atoms with Crippen LogP contribution in [0.25, 0.3) is 6.08 Å². The molecule has 0 atom stereocenters. The molecule has 0 aromatic heterocycles. The first-order valence-corrected chi connectivity index (χ1v) is 7.16. The van der Waals surface area contributed by atoms with Gasteiger partial charge in [0.15, 0.2) is 0 Å². The van der Waals surface area contributed by atoms with Gasteiger partial charge in [0, 0.05) is 5.56 Å². The summed E-state index contributed by atoms with van der Waals surface area (Å²) in [6.45, 7) is 3.60. The van der Waals surface area contributed by atoms with Crippen LogP contribution in [0.1, 0.15) is 5.56 Å². The largest absolute Gasteiger partial charge is 0.396 e. The molecule has 20 N–H and O–H groups in total. The molecule has 2 rings (SSSR count). The Bertz CT molecular complexity index is 851. The third-order valence-corrected chi connectivity index (χ3v) is 3.94. The molecule has 0 heterocycles. The Labute approximate surface area is 149 Å². The minimum Gasteiger partial charge on any atom is -0.396 e. The van der Waals surface area contributed by atoms with Crippen LogP contribution in [0.4, 0.5) is 56.9 Å². The topological polar surface area (TPSA) is 273 Å². The van der Waals surface area contributed by atoms with Gasteiger partial charge in [-0.2, -0.15) is 0 Å². The van der Waals surface area contributed by atoms with Crippen molar-refractivity contribution in [2.45, 2.75) is 0 Å². The molecule has 0 saturated heterocycles. The Morgan fingerprint density at radius 1 is 0.615 bits per heavy atom. The zero-order valence-electron chi connectivity index (χ0n) is 13.9. The fourth-order valence-corrected chi connectivity index (χ4v) is 2.36. The SMILES string of the molecule is C=Cc1c(N)c(N)c(ON(N)c2c(N)c(N)c(N)c(N)c2N)c(N)c1N. The number of rotatable bonds is 4. The molecule has 2 aromatic rings. The van der Waals surface area contributed by atoms with Gasteiger partial charge in [-0.15, -0.1) is 5.17 Å². The molecule has 140 valence electrons. The van der Waals surface area contributed by atoms with Gasteiger partial charge in [0.2, 0.25) is 5.75 Å². The second-order valence-corrected chi connectivity index (χ2v) is 5.44. The molecule has 0 aliphatic rings. The molecule has 0 radical (unpaired) electrons. The molecule has 0 fully saturated rings. The lowest BCUT2D eigenvalue weighted by Gasteiger charge is -2.26. The molecule has 0 aliphatic heterocycles. The van der Waals surface area contributed by atoms with Crippen molar-refractivity contribution in [3.63, 3.8) is 0 Å². The van der Waals surface area contributed by atoms with Crippen LogP contribution in [-0.2, 0) is 0 Å². The van der Waals surface area contributed by atoms with Crippen LogP contribution in [0.15, 0.2) is 6.58 Å². The lowest BCUT2D eigenvalue weighted by atomic mass is 10.1. The average Bonchev–Trinajstić information content (AvgIpc) is 2.61. The van der Waals surface area contributed by atoms with Crippen molar-refractivity contribution in [2.24, 2.45) is 5.84 Å². The van der Waals surface area contributed by atoms with E-state index in [-0.39, 0.29) is 62.6 Å². The zero-order chi connectivity index (χ0) is 19.9. The van der Waals surface area contributed by atoms with Crippen LogP contribution >= 0.6 is 0 Å². The maximum atomic E-state index is 5.97. The number of hydrogen-bond donors (Lipinski definition) is 10. The molecule has 0 unspecified atom stereocenters.